The number of carboxylic acid groups (broad SMARTS) is 1. The molecule has 0 aliphatic carbocycles. The van der Waals surface area contributed by atoms with Gasteiger partial charge in [-0.3, -0.25) is 19.8 Å². The van der Waals surface area contributed by atoms with E-state index in [1.54, 1.807) is 30.3 Å². The first-order valence-electron chi connectivity index (χ1n) is 6.86. The Morgan fingerprint density at radius 3 is 2.38 bits per heavy atom. The number of nitrogens with one attached hydrogen (secondary N) is 1. The van der Waals surface area contributed by atoms with Gasteiger partial charge in [-0.05, 0) is 5.56 Å². The highest BCUT2D eigenvalue weighted by Gasteiger charge is 2.30. The molecule has 0 radical (unpaired) electrons. The molecule has 0 unspecified atom stereocenters. The monoisotopic (exact) mass is 338 g/mol. The second kappa shape index (κ2) is 9.22. The number of carbonyl (C=O) groups excluding carboxylic acids is 3. The highest BCUT2D eigenvalue weighted by Crippen LogP contribution is 2.04. The summed E-state index contributed by atoms with van der Waals surface area (Å²) in [6.45, 7) is -0.653. The van der Waals surface area contributed by atoms with Gasteiger partial charge in [0.15, 0.2) is 0 Å². The second-order valence-electron chi connectivity index (χ2n) is 4.66. The number of hydrazine groups is 1. The van der Waals surface area contributed by atoms with Crippen molar-refractivity contribution in [3.63, 3.8) is 0 Å². The zero-order chi connectivity index (χ0) is 18.1. The number of nitrogens with zero attached hydrogens (tertiary/aromatic N) is 1. The van der Waals surface area contributed by atoms with Crippen LogP contribution >= 0.6 is 0 Å². The van der Waals surface area contributed by atoms with E-state index in [2.05, 4.69) is 0 Å². The molecule has 0 saturated carbocycles. The maximum atomic E-state index is 12.1. The lowest BCUT2D eigenvalue weighted by Gasteiger charge is -2.22. The molecule has 1 atom stereocenters. The smallest absolute Gasteiger partial charge is 0.436 e. The van der Waals surface area contributed by atoms with Gasteiger partial charge in [-0.1, -0.05) is 30.3 Å². The molecule has 10 heteroatoms. The average Bonchev–Trinajstić information content (AvgIpc) is 2.56. The molecule has 0 spiro atoms. The minimum Gasteiger partial charge on any atom is -0.481 e. The Labute approximate surface area is 137 Å². The van der Waals surface area contributed by atoms with Crippen LogP contribution in [-0.4, -0.2) is 46.6 Å². The molecular formula is C14H18N4O6. The quantitative estimate of drug-likeness (QED) is 0.477. The Morgan fingerprint density at radius 1 is 1.21 bits per heavy atom. The van der Waals surface area contributed by atoms with Crippen LogP contribution in [0.3, 0.4) is 0 Å². The molecule has 130 valence electrons. The van der Waals surface area contributed by atoms with Gasteiger partial charge in [0, 0.05) is 0 Å². The third-order valence-electron chi connectivity index (χ3n) is 2.74. The number of ether oxygens (including phenoxy) is 1. The molecule has 24 heavy (non-hydrogen) atoms. The fourth-order valence-corrected chi connectivity index (χ4v) is 1.59. The summed E-state index contributed by atoms with van der Waals surface area (Å²) in [7, 11) is 0. The molecule has 1 rings (SSSR count). The Kier molecular flexibility index (Phi) is 7.33. The van der Waals surface area contributed by atoms with E-state index >= 15 is 0 Å². The number of aliphatic carboxylic acids is 1. The number of nitrogens with two attached hydrogens (primary N) is 2. The van der Waals surface area contributed by atoms with E-state index in [-0.39, 0.29) is 11.6 Å². The fraction of sp³-hybridized carbons (Fsp3) is 0.286. The van der Waals surface area contributed by atoms with E-state index in [1.807, 2.05) is 5.43 Å². The molecule has 0 bridgehead atoms. The number of carboxylic acids is 1. The lowest BCUT2D eigenvalue weighted by atomic mass is 10.2. The van der Waals surface area contributed by atoms with Crippen LogP contribution in [0.25, 0.3) is 0 Å². The molecule has 1 aromatic rings. The largest absolute Gasteiger partial charge is 0.481 e. The van der Waals surface area contributed by atoms with Gasteiger partial charge in [0.2, 0.25) is 0 Å². The highest BCUT2D eigenvalue weighted by molar-refractivity contribution is 5.98. The van der Waals surface area contributed by atoms with E-state index in [4.69, 9.17) is 21.3 Å². The van der Waals surface area contributed by atoms with Gasteiger partial charge >= 0.3 is 12.1 Å². The van der Waals surface area contributed by atoms with Crippen molar-refractivity contribution in [2.24, 2.45) is 11.5 Å². The van der Waals surface area contributed by atoms with Gasteiger partial charge in [0.1, 0.15) is 6.61 Å². The molecule has 0 aromatic heterocycles. The lowest BCUT2D eigenvalue weighted by Crippen LogP contribution is -2.56. The first-order chi connectivity index (χ1) is 11.3. The Balaban J connectivity index is 2.79. The van der Waals surface area contributed by atoms with E-state index in [0.717, 1.165) is 0 Å². The first kappa shape index (κ1) is 19.1. The molecule has 6 N–H and O–H groups in total. The van der Waals surface area contributed by atoms with Crippen molar-refractivity contribution in [3.05, 3.63) is 35.9 Å². The summed E-state index contributed by atoms with van der Waals surface area (Å²) in [5, 5.41) is 8.89. The summed E-state index contributed by atoms with van der Waals surface area (Å²) in [5.74, 6) is -3.31. The topological polar surface area (TPSA) is 165 Å². The zero-order valence-corrected chi connectivity index (χ0v) is 12.7. The summed E-state index contributed by atoms with van der Waals surface area (Å²) in [6, 6.07) is 7.07. The summed E-state index contributed by atoms with van der Waals surface area (Å²) < 4.78 is 4.92. The number of carbonyl (C=O) groups is 4. The van der Waals surface area contributed by atoms with E-state index < -0.39 is 42.9 Å². The lowest BCUT2D eigenvalue weighted by molar-refractivity contribution is -0.144. The number of amides is 3. The Bertz CT molecular complexity index is 607. The van der Waals surface area contributed by atoms with Crippen LogP contribution in [0.4, 0.5) is 4.79 Å². The number of benzene rings is 1. The van der Waals surface area contributed by atoms with Crippen LogP contribution in [0.1, 0.15) is 12.0 Å². The minimum atomic E-state index is -1.54. The number of imide groups is 1. The van der Waals surface area contributed by atoms with Crippen LogP contribution < -0.4 is 16.9 Å². The molecular weight excluding hydrogens is 320 g/mol. The molecule has 0 aliphatic heterocycles. The fourth-order valence-electron chi connectivity index (χ4n) is 1.59. The van der Waals surface area contributed by atoms with Crippen molar-refractivity contribution in [1.82, 2.24) is 10.4 Å². The van der Waals surface area contributed by atoms with E-state index in [1.165, 1.54) is 0 Å². The van der Waals surface area contributed by atoms with Crippen LogP contribution in [0.15, 0.2) is 30.3 Å². The van der Waals surface area contributed by atoms with Crippen LogP contribution in [0.2, 0.25) is 0 Å². The van der Waals surface area contributed by atoms with Crippen LogP contribution in [-0.2, 0) is 25.7 Å². The first-order valence-corrected chi connectivity index (χ1v) is 6.86. The summed E-state index contributed by atoms with van der Waals surface area (Å²) in [6.07, 6.45) is -1.92. The summed E-state index contributed by atoms with van der Waals surface area (Å²) >= 11 is 0. The van der Waals surface area contributed by atoms with Gasteiger partial charge in [0.05, 0.1) is 19.0 Å². The number of hydrogen-bond acceptors (Lipinski definition) is 7. The second-order valence-corrected chi connectivity index (χ2v) is 4.66. The van der Waals surface area contributed by atoms with E-state index in [0.29, 0.717) is 5.56 Å². The van der Waals surface area contributed by atoms with Crippen molar-refractivity contribution in [1.29, 1.82) is 0 Å². The van der Waals surface area contributed by atoms with Crippen molar-refractivity contribution in [2.45, 2.75) is 19.1 Å². The van der Waals surface area contributed by atoms with Gasteiger partial charge in [-0.15, -0.1) is 0 Å². The molecule has 0 saturated heterocycles. The van der Waals surface area contributed by atoms with Crippen molar-refractivity contribution in [3.8, 4) is 0 Å². The maximum Gasteiger partial charge on any atom is 0.436 e. The predicted octanol–water partition coefficient (Wildman–Crippen LogP) is -1.06. The van der Waals surface area contributed by atoms with E-state index in [9.17, 15) is 19.2 Å². The molecule has 0 heterocycles. The number of hydrogen-bond donors (Lipinski definition) is 4. The van der Waals surface area contributed by atoms with Gasteiger partial charge < -0.3 is 21.3 Å². The Morgan fingerprint density at radius 2 is 1.83 bits per heavy atom. The van der Waals surface area contributed by atoms with Gasteiger partial charge in [-0.25, -0.2) is 4.79 Å². The Hall–Kier alpha value is -2.98. The van der Waals surface area contributed by atoms with Gasteiger partial charge in [-0.2, -0.15) is 5.01 Å². The standard InChI is InChI=1S/C14H18N4O6/c15-7-11(19)17-18(13(22)10(16)6-12(20)21)14(23)24-8-9-4-2-1-3-5-9/h1-5,10H,6-8,15-16H2,(H,17,19)(H,20,21)/t10-/m0/s1. The summed E-state index contributed by atoms with van der Waals surface area (Å²) in [5.41, 5.74) is 13.1. The van der Waals surface area contributed by atoms with Crippen LogP contribution in [0, 0.1) is 0 Å². The normalized spacial score (nSPS) is 11.2. The third-order valence-corrected chi connectivity index (χ3v) is 2.74. The average molecular weight is 338 g/mol. The maximum absolute atomic E-state index is 12.1. The molecule has 1 aromatic carbocycles. The van der Waals surface area contributed by atoms with Crippen molar-refractivity contribution >= 4 is 23.9 Å². The SMILES string of the molecule is NCC(=O)NN(C(=O)OCc1ccccc1)C(=O)[C@@H](N)CC(=O)O. The minimum absolute atomic E-state index is 0.157. The highest BCUT2D eigenvalue weighted by atomic mass is 16.6. The zero-order valence-electron chi connectivity index (χ0n) is 12.7. The van der Waals surface area contributed by atoms with Crippen LogP contribution in [0.5, 0.6) is 0 Å². The molecule has 0 fully saturated rings. The summed E-state index contributed by atoms with van der Waals surface area (Å²) in [4.78, 5) is 46.1. The molecule has 0 aliphatic rings. The third kappa shape index (κ3) is 6.02. The number of rotatable bonds is 6. The van der Waals surface area contributed by atoms with Crippen molar-refractivity contribution < 1.29 is 29.0 Å². The van der Waals surface area contributed by atoms with Crippen molar-refractivity contribution in [2.75, 3.05) is 6.54 Å². The predicted molar refractivity (Wildman–Crippen MR) is 80.9 cm³/mol. The molecule has 10 nitrogen and oxygen atoms in total. The van der Waals surface area contributed by atoms with Gasteiger partial charge in [0.25, 0.3) is 11.8 Å². The molecule has 3 amide bonds.